The van der Waals surface area contributed by atoms with Crippen molar-refractivity contribution in [3.8, 4) is 0 Å². The second-order valence-electron chi connectivity index (χ2n) is 3.25. The molecule has 1 aliphatic rings. The van der Waals surface area contributed by atoms with Gasteiger partial charge in [0.1, 0.15) is 0 Å². The van der Waals surface area contributed by atoms with E-state index >= 15 is 0 Å². The summed E-state index contributed by atoms with van der Waals surface area (Å²) < 4.78 is 0. The van der Waals surface area contributed by atoms with E-state index in [-0.39, 0.29) is 0 Å². The van der Waals surface area contributed by atoms with Gasteiger partial charge in [0.05, 0.1) is 0 Å². The van der Waals surface area contributed by atoms with Crippen LogP contribution in [0.5, 0.6) is 0 Å². The Labute approximate surface area is 57.3 Å². The van der Waals surface area contributed by atoms with Gasteiger partial charge < -0.3 is 0 Å². The molecule has 0 saturated heterocycles. The monoisotopic (exact) mass is 122 g/mol. The zero-order valence-electron chi connectivity index (χ0n) is 6.44. The predicted octanol–water partition coefficient (Wildman–Crippen LogP) is 2.92. The summed E-state index contributed by atoms with van der Waals surface area (Å²) in [6.45, 7) is 6.69. The summed E-state index contributed by atoms with van der Waals surface area (Å²) in [7, 11) is 0. The summed E-state index contributed by atoms with van der Waals surface area (Å²) in [5.74, 6) is 0. The molecule has 0 aromatic carbocycles. The summed E-state index contributed by atoms with van der Waals surface area (Å²) in [5, 5.41) is 0. The van der Waals surface area contributed by atoms with Crippen LogP contribution in [-0.2, 0) is 0 Å². The molecule has 0 amide bonds. The Hall–Kier alpha value is -0.520. The first kappa shape index (κ1) is 6.60. The van der Waals surface area contributed by atoms with E-state index < -0.39 is 0 Å². The molecule has 0 atom stereocenters. The van der Waals surface area contributed by atoms with E-state index in [1.165, 1.54) is 5.57 Å². The average molecular weight is 122 g/mol. The molecule has 0 spiro atoms. The Balaban J connectivity index is 2.83. The maximum absolute atomic E-state index is 2.29. The third-order valence-electron chi connectivity index (χ3n) is 2.11. The minimum absolute atomic E-state index is 0.318. The summed E-state index contributed by atoms with van der Waals surface area (Å²) in [4.78, 5) is 0. The van der Waals surface area contributed by atoms with E-state index in [1.807, 2.05) is 0 Å². The number of hydrogen-bond donors (Lipinski definition) is 0. The molecule has 0 aromatic heterocycles. The molecular weight excluding hydrogens is 108 g/mol. The third kappa shape index (κ3) is 1.24. The number of rotatable bonds is 0. The van der Waals surface area contributed by atoms with Crippen LogP contribution in [0.3, 0.4) is 0 Å². The molecule has 50 valence electrons. The van der Waals surface area contributed by atoms with Gasteiger partial charge in [0.2, 0.25) is 0 Å². The van der Waals surface area contributed by atoms with Crippen molar-refractivity contribution in [1.82, 2.24) is 0 Å². The SMILES string of the molecule is CC1=CCC=CC1(C)C. The van der Waals surface area contributed by atoms with Gasteiger partial charge in [-0.25, -0.2) is 0 Å². The highest BCUT2D eigenvalue weighted by atomic mass is 14.2. The van der Waals surface area contributed by atoms with Gasteiger partial charge in [-0.1, -0.05) is 37.6 Å². The fourth-order valence-electron chi connectivity index (χ4n) is 1.00. The zero-order chi connectivity index (χ0) is 6.91. The lowest BCUT2D eigenvalue weighted by Crippen LogP contribution is -2.10. The topological polar surface area (TPSA) is 0 Å². The molecule has 9 heavy (non-hydrogen) atoms. The van der Waals surface area contributed by atoms with Crippen molar-refractivity contribution in [3.63, 3.8) is 0 Å². The second kappa shape index (κ2) is 2.02. The standard InChI is InChI=1S/C9H14/c1-8-6-4-5-7-9(8,2)3/h5-7H,4H2,1-3H3. The van der Waals surface area contributed by atoms with Gasteiger partial charge in [-0.2, -0.15) is 0 Å². The van der Waals surface area contributed by atoms with E-state index in [4.69, 9.17) is 0 Å². The Kier molecular flexibility index (Phi) is 1.48. The van der Waals surface area contributed by atoms with Crippen molar-refractivity contribution in [2.75, 3.05) is 0 Å². The first-order valence-corrected chi connectivity index (χ1v) is 3.48. The van der Waals surface area contributed by atoms with Crippen LogP contribution >= 0.6 is 0 Å². The van der Waals surface area contributed by atoms with Crippen molar-refractivity contribution in [2.45, 2.75) is 27.2 Å². The predicted molar refractivity (Wildman–Crippen MR) is 41.3 cm³/mol. The molecule has 0 unspecified atom stereocenters. The highest BCUT2D eigenvalue weighted by molar-refractivity contribution is 5.22. The molecule has 1 rings (SSSR count). The lowest BCUT2D eigenvalue weighted by atomic mass is 9.81. The van der Waals surface area contributed by atoms with Gasteiger partial charge in [0, 0.05) is 5.41 Å². The van der Waals surface area contributed by atoms with Crippen LogP contribution in [-0.4, -0.2) is 0 Å². The molecule has 0 heterocycles. The summed E-state index contributed by atoms with van der Waals surface area (Å²) in [6.07, 6.45) is 7.92. The molecule has 0 N–H and O–H groups in total. The average Bonchev–Trinajstić information content (AvgIpc) is 1.77. The third-order valence-corrected chi connectivity index (χ3v) is 2.11. The normalized spacial score (nSPS) is 23.7. The van der Waals surface area contributed by atoms with E-state index in [0.717, 1.165) is 6.42 Å². The first-order valence-electron chi connectivity index (χ1n) is 3.48. The first-order chi connectivity index (χ1) is 4.13. The van der Waals surface area contributed by atoms with Crippen LogP contribution in [0.4, 0.5) is 0 Å². The Morgan fingerprint density at radius 2 is 2.11 bits per heavy atom. The maximum Gasteiger partial charge on any atom is 0.00316 e. The van der Waals surface area contributed by atoms with Crippen LogP contribution in [0.15, 0.2) is 23.8 Å². The van der Waals surface area contributed by atoms with Gasteiger partial charge >= 0.3 is 0 Å². The van der Waals surface area contributed by atoms with Crippen LogP contribution in [0.2, 0.25) is 0 Å². The lowest BCUT2D eigenvalue weighted by molar-refractivity contribution is 0.568. The molecule has 0 radical (unpaired) electrons. The van der Waals surface area contributed by atoms with E-state index in [1.54, 1.807) is 0 Å². The van der Waals surface area contributed by atoms with E-state index in [9.17, 15) is 0 Å². The highest BCUT2D eigenvalue weighted by Gasteiger charge is 2.16. The molecular formula is C9H14. The highest BCUT2D eigenvalue weighted by Crippen LogP contribution is 2.30. The van der Waals surface area contributed by atoms with Gasteiger partial charge in [-0.3, -0.25) is 0 Å². The molecule has 0 fully saturated rings. The number of allylic oxidation sites excluding steroid dienone is 4. The van der Waals surface area contributed by atoms with E-state index in [0.29, 0.717) is 5.41 Å². The second-order valence-corrected chi connectivity index (χ2v) is 3.25. The van der Waals surface area contributed by atoms with Crippen molar-refractivity contribution in [1.29, 1.82) is 0 Å². The molecule has 1 aliphatic carbocycles. The maximum atomic E-state index is 2.29. The van der Waals surface area contributed by atoms with Crippen molar-refractivity contribution in [3.05, 3.63) is 23.8 Å². The molecule has 0 bridgehead atoms. The van der Waals surface area contributed by atoms with E-state index in [2.05, 4.69) is 39.0 Å². The van der Waals surface area contributed by atoms with Gasteiger partial charge in [0.25, 0.3) is 0 Å². The quantitative estimate of drug-likeness (QED) is 0.433. The molecule has 0 aromatic rings. The summed E-state index contributed by atoms with van der Waals surface area (Å²) in [5.41, 5.74) is 1.81. The largest absolute Gasteiger partial charge is 0.0839 e. The fourth-order valence-corrected chi connectivity index (χ4v) is 1.00. The van der Waals surface area contributed by atoms with Crippen LogP contribution in [0.1, 0.15) is 27.2 Å². The Morgan fingerprint density at radius 3 is 2.44 bits per heavy atom. The van der Waals surface area contributed by atoms with Crippen molar-refractivity contribution in [2.24, 2.45) is 5.41 Å². The van der Waals surface area contributed by atoms with Crippen LogP contribution in [0, 0.1) is 5.41 Å². The van der Waals surface area contributed by atoms with Gasteiger partial charge in [-0.05, 0) is 13.3 Å². The molecule has 0 heteroatoms. The molecule has 0 saturated carbocycles. The minimum atomic E-state index is 0.318. The van der Waals surface area contributed by atoms with Gasteiger partial charge in [0.15, 0.2) is 0 Å². The van der Waals surface area contributed by atoms with Gasteiger partial charge in [-0.15, -0.1) is 0 Å². The molecule has 0 nitrogen and oxygen atoms in total. The number of hydrogen-bond acceptors (Lipinski definition) is 0. The van der Waals surface area contributed by atoms with Crippen LogP contribution in [0.25, 0.3) is 0 Å². The molecule has 0 aliphatic heterocycles. The van der Waals surface area contributed by atoms with Crippen molar-refractivity contribution < 1.29 is 0 Å². The van der Waals surface area contributed by atoms with Crippen LogP contribution < -0.4 is 0 Å². The van der Waals surface area contributed by atoms with Crippen molar-refractivity contribution >= 4 is 0 Å². The Morgan fingerprint density at radius 1 is 1.44 bits per heavy atom. The lowest BCUT2D eigenvalue weighted by Gasteiger charge is -2.24. The smallest absolute Gasteiger partial charge is 0.00316 e. The summed E-state index contributed by atoms with van der Waals surface area (Å²) >= 11 is 0. The summed E-state index contributed by atoms with van der Waals surface area (Å²) in [6, 6.07) is 0. The fraction of sp³-hybridized carbons (Fsp3) is 0.556. The zero-order valence-corrected chi connectivity index (χ0v) is 6.44. The minimum Gasteiger partial charge on any atom is -0.0839 e. The Bertz CT molecular complexity index is 159.